The molecule has 1 aromatic carbocycles. The minimum Gasteiger partial charge on any atom is -0.384 e. The van der Waals surface area contributed by atoms with Crippen LogP contribution in [0.15, 0.2) is 36.4 Å². The topological polar surface area (TPSA) is 80.0 Å². The average Bonchev–Trinajstić information content (AvgIpc) is 2.36. The van der Waals surface area contributed by atoms with Crippen LogP contribution < -0.4 is 16.4 Å². The van der Waals surface area contributed by atoms with Crippen LogP contribution >= 0.6 is 11.6 Å². The summed E-state index contributed by atoms with van der Waals surface area (Å²) in [5.74, 6) is 0.418. The van der Waals surface area contributed by atoms with E-state index in [9.17, 15) is 4.79 Å². The third-order valence-electron chi connectivity index (χ3n) is 2.46. The number of nitrogens with one attached hydrogen (secondary N) is 2. The second kappa shape index (κ2) is 5.58. The van der Waals surface area contributed by atoms with Crippen molar-refractivity contribution in [2.75, 3.05) is 16.4 Å². The van der Waals surface area contributed by atoms with Crippen molar-refractivity contribution in [3.05, 3.63) is 47.1 Å². The van der Waals surface area contributed by atoms with Gasteiger partial charge in [0.25, 0.3) is 0 Å². The van der Waals surface area contributed by atoms with Crippen molar-refractivity contribution >= 4 is 34.8 Å². The highest BCUT2D eigenvalue weighted by Crippen LogP contribution is 2.16. The Labute approximate surface area is 115 Å². The maximum absolute atomic E-state index is 11.8. The van der Waals surface area contributed by atoms with Gasteiger partial charge in [-0.25, -0.2) is 9.78 Å². The fourth-order valence-electron chi connectivity index (χ4n) is 1.53. The Bertz CT molecular complexity index is 598. The van der Waals surface area contributed by atoms with E-state index in [0.717, 1.165) is 0 Å². The summed E-state index contributed by atoms with van der Waals surface area (Å²) < 4.78 is 0. The smallest absolute Gasteiger partial charge is 0.323 e. The number of aryl methyl sites for hydroxylation is 1. The minimum atomic E-state index is -0.350. The molecule has 0 spiro atoms. The summed E-state index contributed by atoms with van der Waals surface area (Å²) in [5.41, 5.74) is 7.47. The highest BCUT2D eigenvalue weighted by molar-refractivity contribution is 6.30. The number of aromatic nitrogens is 1. The van der Waals surface area contributed by atoms with E-state index in [4.69, 9.17) is 17.3 Å². The Balaban J connectivity index is 2.03. The molecule has 5 nitrogen and oxygen atoms in total. The van der Waals surface area contributed by atoms with Crippen molar-refractivity contribution < 1.29 is 4.79 Å². The predicted octanol–water partition coefficient (Wildman–Crippen LogP) is 3.27. The van der Waals surface area contributed by atoms with Gasteiger partial charge in [0.15, 0.2) is 0 Å². The predicted molar refractivity (Wildman–Crippen MR) is 77.5 cm³/mol. The molecule has 0 aliphatic rings. The van der Waals surface area contributed by atoms with Crippen LogP contribution in [0.2, 0.25) is 5.02 Å². The second-order valence-corrected chi connectivity index (χ2v) is 4.39. The summed E-state index contributed by atoms with van der Waals surface area (Å²) in [4.78, 5) is 15.9. The monoisotopic (exact) mass is 276 g/mol. The van der Waals surface area contributed by atoms with Gasteiger partial charge in [-0.1, -0.05) is 11.6 Å². The number of benzene rings is 1. The van der Waals surface area contributed by atoms with Gasteiger partial charge in [-0.15, -0.1) is 0 Å². The van der Waals surface area contributed by atoms with E-state index < -0.39 is 0 Å². The molecule has 0 unspecified atom stereocenters. The van der Waals surface area contributed by atoms with Crippen LogP contribution in [0.4, 0.5) is 22.0 Å². The Morgan fingerprint density at radius 1 is 1.16 bits per heavy atom. The molecule has 6 heteroatoms. The third-order valence-corrected chi connectivity index (χ3v) is 2.71. The Kier molecular flexibility index (Phi) is 3.87. The highest BCUT2D eigenvalue weighted by Gasteiger charge is 2.05. The molecule has 0 aliphatic heterocycles. The lowest BCUT2D eigenvalue weighted by Gasteiger charge is -2.09. The van der Waals surface area contributed by atoms with E-state index in [-0.39, 0.29) is 6.03 Å². The summed E-state index contributed by atoms with van der Waals surface area (Å²) in [7, 11) is 0. The summed E-state index contributed by atoms with van der Waals surface area (Å²) in [5, 5.41) is 6.01. The van der Waals surface area contributed by atoms with Gasteiger partial charge in [-0.2, -0.15) is 0 Å². The van der Waals surface area contributed by atoms with Gasteiger partial charge in [-0.05, 0) is 43.3 Å². The lowest BCUT2D eigenvalue weighted by Crippen LogP contribution is -2.20. The molecule has 2 rings (SSSR count). The first-order valence-corrected chi connectivity index (χ1v) is 5.99. The first-order valence-electron chi connectivity index (χ1n) is 5.61. The van der Waals surface area contributed by atoms with Gasteiger partial charge in [0, 0.05) is 10.7 Å². The summed E-state index contributed by atoms with van der Waals surface area (Å²) in [6.45, 7) is 1.77. The number of carbonyl (C=O) groups excluding carboxylic acids is 1. The summed E-state index contributed by atoms with van der Waals surface area (Å²) in [6.07, 6.45) is 0. The number of halogens is 1. The zero-order valence-electron chi connectivity index (χ0n) is 10.3. The largest absolute Gasteiger partial charge is 0.384 e. The van der Waals surface area contributed by atoms with Crippen LogP contribution in [0.3, 0.4) is 0 Å². The molecule has 0 saturated carbocycles. The molecule has 1 aromatic heterocycles. The molecule has 2 aromatic rings. The molecule has 0 fully saturated rings. The van der Waals surface area contributed by atoms with Crippen LogP contribution in [-0.2, 0) is 0 Å². The number of urea groups is 1. The number of nitrogens with two attached hydrogens (primary N) is 1. The molecule has 0 radical (unpaired) electrons. The lowest BCUT2D eigenvalue weighted by atomic mass is 10.3. The molecule has 2 amide bonds. The first-order chi connectivity index (χ1) is 9.04. The van der Waals surface area contributed by atoms with E-state index in [1.165, 1.54) is 0 Å². The van der Waals surface area contributed by atoms with Crippen molar-refractivity contribution in [2.45, 2.75) is 6.92 Å². The molecule has 0 atom stereocenters. The average molecular weight is 277 g/mol. The zero-order chi connectivity index (χ0) is 13.8. The van der Waals surface area contributed by atoms with Crippen molar-refractivity contribution in [1.82, 2.24) is 4.98 Å². The van der Waals surface area contributed by atoms with Crippen molar-refractivity contribution in [1.29, 1.82) is 0 Å². The number of nitrogen functional groups attached to an aromatic ring is 1. The van der Waals surface area contributed by atoms with Crippen LogP contribution in [-0.4, -0.2) is 11.0 Å². The van der Waals surface area contributed by atoms with E-state index in [1.807, 2.05) is 0 Å². The number of amides is 2. The van der Waals surface area contributed by atoms with E-state index >= 15 is 0 Å². The molecule has 0 aliphatic carbocycles. The van der Waals surface area contributed by atoms with Gasteiger partial charge in [0.2, 0.25) is 0 Å². The number of anilines is 3. The number of nitrogens with zero attached hydrogens (tertiary/aromatic N) is 1. The van der Waals surface area contributed by atoms with Crippen LogP contribution in [0.1, 0.15) is 5.69 Å². The van der Waals surface area contributed by atoms with Gasteiger partial charge in [0.1, 0.15) is 5.82 Å². The summed E-state index contributed by atoms with van der Waals surface area (Å²) >= 11 is 5.77. The van der Waals surface area contributed by atoms with E-state index in [0.29, 0.717) is 27.9 Å². The lowest BCUT2D eigenvalue weighted by molar-refractivity contribution is 0.262. The quantitative estimate of drug-likeness (QED) is 0.787. The molecule has 0 bridgehead atoms. The van der Waals surface area contributed by atoms with Gasteiger partial charge in [0.05, 0.1) is 11.4 Å². The molecule has 19 heavy (non-hydrogen) atoms. The molecule has 4 N–H and O–H groups in total. The number of pyridine rings is 1. The molecular weight excluding hydrogens is 264 g/mol. The highest BCUT2D eigenvalue weighted by atomic mass is 35.5. The Hall–Kier alpha value is -2.27. The van der Waals surface area contributed by atoms with Gasteiger partial charge in [-0.3, -0.25) is 0 Å². The number of hydrogen-bond donors (Lipinski definition) is 3. The normalized spacial score (nSPS) is 10.0. The van der Waals surface area contributed by atoms with Crippen molar-refractivity contribution in [3.8, 4) is 0 Å². The van der Waals surface area contributed by atoms with Crippen LogP contribution in [0, 0.1) is 6.92 Å². The molecule has 98 valence electrons. The molecule has 1 heterocycles. The number of carbonyl (C=O) groups is 1. The third kappa shape index (κ3) is 3.59. The summed E-state index contributed by atoms with van der Waals surface area (Å²) in [6, 6.07) is 9.83. The molecule has 0 saturated heterocycles. The maximum Gasteiger partial charge on any atom is 0.323 e. The number of hydrogen-bond acceptors (Lipinski definition) is 3. The zero-order valence-corrected chi connectivity index (χ0v) is 11.0. The molecular formula is C13H13ClN4O. The maximum atomic E-state index is 11.8. The van der Waals surface area contributed by atoms with E-state index in [2.05, 4.69) is 15.6 Å². The SMILES string of the molecule is Cc1nc(N)ccc1NC(=O)Nc1ccc(Cl)cc1. The fraction of sp³-hybridized carbons (Fsp3) is 0.0769. The standard InChI is InChI=1S/C13H13ClN4O/c1-8-11(6-7-12(15)16-8)18-13(19)17-10-4-2-9(14)3-5-10/h2-7H,1H3,(H2,15,16)(H2,17,18,19). The van der Waals surface area contributed by atoms with Crippen molar-refractivity contribution in [2.24, 2.45) is 0 Å². The second-order valence-electron chi connectivity index (χ2n) is 3.96. The van der Waals surface area contributed by atoms with Crippen LogP contribution in [0.25, 0.3) is 0 Å². The Morgan fingerprint density at radius 2 is 1.84 bits per heavy atom. The van der Waals surface area contributed by atoms with E-state index in [1.54, 1.807) is 43.3 Å². The van der Waals surface area contributed by atoms with Gasteiger partial charge >= 0.3 is 6.03 Å². The number of rotatable bonds is 2. The fourth-order valence-corrected chi connectivity index (χ4v) is 1.66. The van der Waals surface area contributed by atoms with Crippen molar-refractivity contribution in [3.63, 3.8) is 0 Å². The van der Waals surface area contributed by atoms with Gasteiger partial charge < -0.3 is 16.4 Å². The first kappa shape index (κ1) is 13.2. The minimum absolute atomic E-state index is 0.350. The van der Waals surface area contributed by atoms with Crippen LogP contribution in [0.5, 0.6) is 0 Å². The Morgan fingerprint density at radius 3 is 2.47 bits per heavy atom.